The third kappa shape index (κ3) is 1.41. The number of hydrogen-bond donors (Lipinski definition) is 0. The fourth-order valence-corrected chi connectivity index (χ4v) is 2.69. The molecule has 0 aromatic carbocycles. The molecule has 0 saturated carbocycles. The van der Waals surface area contributed by atoms with Crippen molar-refractivity contribution in [2.24, 2.45) is 0 Å². The van der Waals surface area contributed by atoms with Gasteiger partial charge in [0.15, 0.2) is 5.11 Å². The second-order valence-corrected chi connectivity index (χ2v) is 4.72. The van der Waals surface area contributed by atoms with E-state index in [9.17, 15) is 4.79 Å². The highest BCUT2D eigenvalue weighted by molar-refractivity contribution is 7.80. The quantitative estimate of drug-likeness (QED) is 0.653. The summed E-state index contributed by atoms with van der Waals surface area (Å²) in [7, 11) is 0. The van der Waals surface area contributed by atoms with E-state index in [1.165, 1.54) is 0 Å². The average Bonchev–Trinajstić information content (AvgIpc) is 2.19. The Labute approximate surface area is 91.1 Å². The minimum Gasteiger partial charge on any atom is -0.332 e. The van der Waals surface area contributed by atoms with Gasteiger partial charge >= 0.3 is 0 Å². The number of thiocarbonyl (C=S) groups is 1. The van der Waals surface area contributed by atoms with Crippen LogP contribution in [0.4, 0.5) is 0 Å². The third-order valence-corrected chi connectivity index (χ3v) is 3.06. The van der Waals surface area contributed by atoms with Crippen LogP contribution in [0.5, 0.6) is 0 Å². The molecule has 1 heterocycles. The van der Waals surface area contributed by atoms with E-state index < -0.39 is 5.54 Å². The predicted molar refractivity (Wildman–Crippen MR) is 61.0 cm³/mol. The van der Waals surface area contributed by atoms with Crippen LogP contribution in [0.1, 0.15) is 34.6 Å². The van der Waals surface area contributed by atoms with Gasteiger partial charge in [-0.05, 0) is 46.8 Å². The molecule has 1 aliphatic heterocycles. The van der Waals surface area contributed by atoms with Gasteiger partial charge in [-0.25, -0.2) is 0 Å². The predicted octanol–water partition coefficient (Wildman–Crippen LogP) is 1.62. The lowest BCUT2D eigenvalue weighted by molar-refractivity contribution is -0.132. The molecule has 1 saturated heterocycles. The molecule has 0 aromatic heterocycles. The minimum atomic E-state index is -0.485. The van der Waals surface area contributed by atoms with Gasteiger partial charge in [-0.1, -0.05) is 0 Å². The van der Waals surface area contributed by atoms with Crippen molar-refractivity contribution in [3.8, 4) is 0 Å². The maximum absolute atomic E-state index is 12.0. The second kappa shape index (κ2) is 3.50. The first kappa shape index (κ1) is 11.4. The van der Waals surface area contributed by atoms with Gasteiger partial charge in [0, 0.05) is 12.6 Å². The molecule has 0 aromatic rings. The van der Waals surface area contributed by atoms with E-state index in [0.717, 1.165) is 0 Å². The fourth-order valence-electron chi connectivity index (χ4n) is 2.03. The molecular formula is C10H18N2OS. The van der Waals surface area contributed by atoms with Crippen LogP contribution in [-0.2, 0) is 4.79 Å². The lowest BCUT2D eigenvalue weighted by atomic mass is 10.0. The summed E-state index contributed by atoms with van der Waals surface area (Å²) < 4.78 is 0. The molecule has 0 spiro atoms. The summed E-state index contributed by atoms with van der Waals surface area (Å²) in [5, 5.41) is 0.664. The van der Waals surface area contributed by atoms with E-state index in [4.69, 9.17) is 12.2 Å². The van der Waals surface area contributed by atoms with E-state index in [2.05, 4.69) is 13.8 Å². The van der Waals surface area contributed by atoms with Gasteiger partial charge in [-0.3, -0.25) is 9.69 Å². The van der Waals surface area contributed by atoms with Crippen LogP contribution in [0.15, 0.2) is 0 Å². The molecule has 14 heavy (non-hydrogen) atoms. The second-order valence-electron chi connectivity index (χ2n) is 4.35. The van der Waals surface area contributed by atoms with Crippen LogP contribution in [0.2, 0.25) is 0 Å². The summed E-state index contributed by atoms with van der Waals surface area (Å²) in [6, 6.07) is 0.262. The van der Waals surface area contributed by atoms with Crippen molar-refractivity contribution in [3.63, 3.8) is 0 Å². The maximum atomic E-state index is 12.0. The summed E-state index contributed by atoms with van der Waals surface area (Å²) in [6.07, 6.45) is 0. The molecule has 1 aliphatic rings. The molecule has 0 radical (unpaired) electrons. The van der Waals surface area contributed by atoms with Crippen molar-refractivity contribution >= 4 is 23.2 Å². The summed E-state index contributed by atoms with van der Waals surface area (Å²) >= 11 is 5.29. The van der Waals surface area contributed by atoms with Gasteiger partial charge in [0.2, 0.25) is 0 Å². The number of rotatable bonds is 2. The molecular weight excluding hydrogens is 196 g/mol. The molecule has 0 N–H and O–H groups in total. The first-order valence-corrected chi connectivity index (χ1v) is 5.40. The molecule has 1 rings (SSSR count). The van der Waals surface area contributed by atoms with Gasteiger partial charge in [0.1, 0.15) is 5.54 Å². The maximum Gasteiger partial charge on any atom is 0.254 e. The number of hydrogen-bond acceptors (Lipinski definition) is 2. The van der Waals surface area contributed by atoms with Crippen molar-refractivity contribution < 1.29 is 4.79 Å². The zero-order valence-electron chi connectivity index (χ0n) is 9.50. The van der Waals surface area contributed by atoms with Crippen molar-refractivity contribution in [1.82, 2.24) is 9.80 Å². The Kier molecular flexibility index (Phi) is 2.86. The first-order chi connectivity index (χ1) is 6.34. The SMILES string of the molecule is CCN1C(=O)C(C)(C)N(C(C)C)C1=S. The molecule has 0 unspecified atom stereocenters. The van der Waals surface area contributed by atoms with Gasteiger partial charge < -0.3 is 4.90 Å². The highest BCUT2D eigenvalue weighted by Crippen LogP contribution is 2.29. The first-order valence-electron chi connectivity index (χ1n) is 4.99. The molecule has 80 valence electrons. The number of nitrogens with zero attached hydrogens (tertiary/aromatic N) is 2. The topological polar surface area (TPSA) is 23.6 Å². The number of carbonyl (C=O) groups excluding carboxylic acids is 1. The zero-order chi connectivity index (χ0) is 11.1. The van der Waals surface area contributed by atoms with E-state index >= 15 is 0 Å². The van der Waals surface area contributed by atoms with Crippen LogP contribution in [0, 0.1) is 0 Å². The lowest BCUT2D eigenvalue weighted by Gasteiger charge is -2.33. The van der Waals surface area contributed by atoms with Crippen LogP contribution in [-0.4, -0.2) is 38.9 Å². The van der Waals surface area contributed by atoms with E-state index in [-0.39, 0.29) is 11.9 Å². The Balaban J connectivity index is 3.09. The highest BCUT2D eigenvalue weighted by atomic mass is 32.1. The molecule has 3 nitrogen and oxygen atoms in total. The minimum absolute atomic E-state index is 0.110. The van der Waals surface area contributed by atoms with E-state index in [1.54, 1.807) is 4.90 Å². The van der Waals surface area contributed by atoms with Crippen molar-refractivity contribution in [1.29, 1.82) is 0 Å². The summed E-state index contributed by atoms with van der Waals surface area (Å²) in [6.45, 7) is 10.6. The van der Waals surface area contributed by atoms with Crippen molar-refractivity contribution in [2.75, 3.05) is 6.54 Å². The van der Waals surface area contributed by atoms with Crippen LogP contribution in [0.3, 0.4) is 0 Å². The Bertz CT molecular complexity index is 273. The Morgan fingerprint density at radius 2 is 1.93 bits per heavy atom. The number of carbonyl (C=O) groups is 1. The largest absolute Gasteiger partial charge is 0.332 e. The van der Waals surface area contributed by atoms with Crippen molar-refractivity contribution in [2.45, 2.75) is 46.2 Å². The lowest BCUT2D eigenvalue weighted by Crippen LogP contribution is -2.47. The molecule has 0 aliphatic carbocycles. The highest BCUT2D eigenvalue weighted by Gasteiger charge is 2.48. The standard InChI is InChI=1S/C10H18N2OS/c1-6-11-8(13)10(4,5)12(7(2)3)9(11)14/h7H,6H2,1-5H3. The van der Waals surface area contributed by atoms with Crippen LogP contribution >= 0.6 is 12.2 Å². The molecule has 0 bridgehead atoms. The van der Waals surface area contributed by atoms with Gasteiger partial charge in [0.05, 0.1) is 0 Å². The van der Waals surface area contributed by atoms with Gasteiger partial charge in [0.25, 0.3) is 5.91 Å². The van der Waals surface area contributed by atoms with Gasteiger partial charge in [-0.15, -0.1) is 0 Å². The fraction of sp³-hybridized carbons (Fsp3) is 0.800. The van der Waals surface area contributed by atoms with Gasteiger partial charge in [-0.2, -0.15) is 0 Å². The summed E-state index contributed by atoms with van der Waals surface area (Å²) in [4.78, 5) is 15.7. The van der Waals surface area contributed by atoms with E-state index in [0.29, 0.717) is 11.7 Å². The third-order valence-electron chi connectivity index (χ3n) is 2.64. The summed E-state index contributed by atoms with van der Waals surface area (Å²) in [5.41, 5.74) is -0.485. The Hall–Kier alpha value is -0.640. The Morgan fingerprint density at radius 3 is 2.14 bits per heavy atom. The van der Waals surface area contributed by atoms with Crippen molar-refractivity contribution in [3.05, 3.63) is 0 Å². The molecule has 1 fully saturated rings. The normalized spacial score (nSPS) is 21.3. The zero-order valence-corrected chi connectivity index (χ0v) is 10.3. The smallest absolute Gasteiger partial charge is 0.254 e. The average molecular weight is 214 g/mol. The van der Waals surface area contributed by atoms with E-state index in [1.807, 2.05) is 25.7 Å². The van der Waals surface area contributed by atoms with Crippen LogP contribution in [0.25, 0.3) is 0 Å². The monoisotopic (exact) mass is 214 g/mol. The Morgan fingerprint density at radius 1 is 1.43 bits per heavy atom. The molecule has 0 atom stereocenters. The number of likely N-dealkylation sites (N-methyl/N-ethyl adjacent to an activating group) is 1. The summed E-state index contributed by atoms with van der Waals surface area (Å²) in [5.74, 6) is 0.110. The van der Waals surface area contributed by atoms with Crippen LogP contribution < -0.4 is 0 Å². The number of amides is 1. The molecule has 1 amide bonds. The molecule has 4 heteroatoms.